The Morgan fingerprint density at radius 3 is 2.36 bits per heavy atom. The lowest BCUT2D eigenvalue weighted by molar-refractivity contribution is -0.131. The van der Waals surface area contributed by atoms with E-state index in [0.717, 1.165) is 24.0 Å². The molecule has 0 aromatic heterocycles. The minimum absolute atomic E-state index is 0.148. The van der Waals surface area contributed by atoms with Crippen molar-refractivity contribution in [2.75, 3.05) is 23.9 Å². The molecule has 1 heterocycles. The third-order valence-corrected chi connectivity index (χ3v) is 6.90. The lowest BCUT2D eigenvalue weighted by atomic mass is 10.0. The summed E-state index contributed by atoms with van der Waals surface area (Å²) in [6.45, 7) is 7.17. The van der Waals surface area contributed by atoms with E-state index >= 15 is 0 Å². The average Bonchev–Trinajstić information content (AvgIpc) is 2.65. The number of rotatable bonds is 5. The van der Waals surface area contributed by atoms with E-state index in [1.807, 2.05) is 32.0 Å². The van der Waals surface area contributed by atoms with Crippen LogP contribution in [0, 0.1) is 19.8 Å². The second-order valence-electron chi connectivity index (χ2n) is 7.76. The van der Waals surface area contributed by atoms with Gasteiger partial charge in [0.05, 0.1) is 10.6 Å². The van der Waals surface area contributed by atoms with Gasteiger partial charge < -0.3 is 4.90 Å². The van der Waals surface area contributed by atoms with E-state index in [-0.39, 0.29) is 17.3 Å². The topological polar surface area (TPSA) is 57.7 Å². The molecule has 6 heteroatoms. The van der Waals surface area contributed by atoms with Crippen molar-refractivity contribution in [1.29, 1.82) is 0 Å². The Kier molecular flexibility index (Phi) is 6.08. The molecule has 1 unspecified atom stereocenters. The van der Waals surface area contributed by atoms with Crippen LogP contribution in [-0.2, 0) is 14.8 Å². The van der Waals surface area contributed by atoms with Crippen LogP contribution < -0.4 is 4.31 Å². The maximum atomic E-state index is 13.4. The monoisotopic (exact) mass is 400 g/mol. The molecule has 5 nitrogen and oxygen atoms in total. The molecule has 28 heavy (non-hydrogen) atoms. The number of carbonyl (C=O) groups is 1. The first-order chi connectivity index (χ1) is 13.3. The average molecular weight is 401 g/mol. The Bertz CT molecular complexity index is 921. The summed E-state index contributed by atoms with van der Waals surface area (Å²) in [6, 6.07) is 13.9. The molecule has 1 aliphatic heterocycles. The molecule has 2 aromatic rings. The summed E-state index contributed by atoms with van der Waals surface area (Å²) < 4.78 is 28.0. The van der Waals surface area contributed by atoms with Gasteiger partial charge in [-0.25, -0.2) is 8.42 Å². The molecule has 150 valence electrons. The van der Waals surface area contributed by atoms with E-state index in [1.165, 1.54) is 4.31 Å². The summed E-state index contributed by atoms with van der Waals surface area (Å²) in [5.41, 5.74) is 2.45. The summed E-state index contributed by atoms with van der Waals surface area (Å²) in [6.07, 6.45) is 2.06. The highest BCUT2D eigenvalue weighted by Crippen LogP contribution is 2.26. The van der Waals surface area contributed by atoms with Gasteiger partial charge in [0.15, 0.2) is 0 Å². The minimum atomic E-state index is -3.85. The van der Waals surface area contributed by atoms with Gasteiger partial charge in [0, 0.05) is 13.1 Å². The van der Waals surface area contributed by atoms with E-state index in [1.54, 1.807) is 35.2 Å². The van der Waals surface area contributed by atoms with Gasteiger partial charge in [-0.05, 0) is 68.0 Å². The van der Waals surface area contributed by atoms with E-state index in [4.69, 9.17) is 0 Å². The maximum absolute atomic E-state index is 13.4. The van der Waals surface area contributed by atoms with Crippen molar-refractivity contribution in [3.63, 3.8) is 0 Å². The second kappa shape index (κ2) is 8.35. The Balaban J connectivity index is 1.98. The number of piperidine rings is 1. The number of amides is 1. The summed E-state index contributed by atoms with van der Waals surface area (Å²) in [5, 5.41) is 0. The van der Waals surface area contributed by atoms with Crippen LogP contribution >= 0.6 is 0 Å². The van der Waals surface area contributed by atoms with Crippen molar-refractivity contribution in [1.82, 2.24) is 4.90 Å². The molecule has 3 rings (SSSR count). The van der Waals surface area contributed by atoms with Crippen molar-refractivity contribution in [3.8, 4) is 0 Å². The Hall–Kier alpha value is -2.34. The van der Waals surface area contributed by atoms with Gasteiger partial charge in [-0.1, -0.05) is 31.2 Å². The van der Waals surface area contributed by atoms with Gasteiger partial charge in [-0.3, -0.25) is 9.10 Å². The molecule has 0 N–H and O–H groups in total. The number of carbonyl (C=O) groups excluding carboxylic acids is 1. The fraction of sp³-hybridized carbons (Fsp3) is 0.409. The first kappa shape index (κ1) is 20.4. The number of sulfonamides is 1. The fourth-order valence-corrected chi connectivity index (χ4v) is 5.19. The molecule has 2 aromatic carbocycles. The number of benzene rings is 2. The van der Waals surface area contributed by atoms with Crippen LogP contribution in [0.2, 0.25) is 0 Å². The van der Waals surface area contributed by atoms with Crippen LogP contribution in [0.15, 0.2) is 53.4 Å². The Morgan fingerprint density at radius 2 is 1.75 bits per heavy atom. The van der Waals surface area contributed by atoms with Crippen LogP contribution in [0.25, 0.3) is 0 Å². The quantitative estimate of drug-likeness (QED) is 0.768. The van der Waals surface area contributed by atoms with Crippen LogP contribution in [0.4, 0.5) is 5.69 Å². The minimum Gasteiger partial charge on any atom is -0.341 e. The molecule has 1 aliphatic rings. The smallest absolute Gasteiger partial charge is 0.264 e. The molecule has 1 atom stereocenters. The molecule has 0 aliphatic carbocycles. The molecule has 0 saturated carbocycles. The number of hydrogen-bond acceptors (Lipinski definition) is 3. The lowest BCUT2D eigenvalue weighted by Crippen LogP contribution is -2.46. The summed E-state index contributed by atoms with van der Waals surface area (Å²) in [7, 11) is -3.85. The molecular weight excluding hydrogens is 372 g/mol. The highest BCUT2D eigenvalue weighted by molar-refractivity contribution is 7.92. The van der Waals surface area contributed by atoms with E-state index in [0.29, 0.717) is 24.7 Å². The van der Waals surface area contributed by atoms with Crippen LogP contribution in [0.1, 0.15) is 30.9 Å². The first-order valence-corrected chi connectivity index (χ1v) is 11.2. The number of nitrogens with zero attached hydrogens (tertiary/aromatic N) is 2. The predicted molar refractivity (Wildman–Crippen MR) is 112 cm³/mol. The zero-order valence-corrected chi connectivity index (χ0v) is 17.6. The van der Waals surface area contributed by atoms with Crippen LogP contribution in [0.3, 0.4) is 0 Å². The highest BCUT2D eigenvalue weighted by atomic mass is 32.2. The molecule has 1 saturated heterocycles. The fourth-order valence-electron chi connectivity index (χ4n) is 3.77. The largest absolute Gasteiger partial charge is 0.341 e. The van der Waals surface area contributed by atoms with Crippen molar-refractivity contribution >= 4 is 21.6 Å². The van der Waals surface area contributed by atoms with Gasteiger partial charge in [0.25, 0.3) is 10.0 Å². The van der Waals surface area contributed by atoms with E-state index in [2.05, 4.69) is 6.92 Å². The van der Waals surface area contributed by atoms with Gasteiger partial charge in [-0.2, -0.15) is 0 Å². The lowest BCUT2D eigenvalue weighted by Gasteiger charge is -2.33. The molecular formula is C22H28N2O3S. The zero-order chi connectivity index (χ0) is 20.3. The molecule has 1 fully saturated rings. The molecule has 0 spiro atoms. The zero-order valence-electron chi connectivity index (χ0n) is 16.8. The summed E-state index contributed by atoms with van der Waals surface area (Å²) >= 11 is 0. The second-order valence-corrected chi connectivity index (χ2v) is 9.62. The normalized spacial score (nSPS) is 17.4. The standard InChI is InChI=1S/C22H28N2O3S/c1-17-8-7-11-23(15-17)22(25)16-24(20-13-18(2)12-19(3)14-20)28(26,27)21-9-5-4-6-10-21/h4-6,9-10,12-14,17H,7-8,11,15-16H2,1-3H3. The van der Waals surface area contributed by atoms with Gasteiger partial charge >= 0.3 is 0 Å². The van der Waals surface area contributed by atoms with E-state index in [9.17, 15) is 13.2 Å². The first-order valence-electron chi connectivity index (χ1n) is 9.71. The predicted octanol–water partition coefficient (Wildman–Crippen LogP) is 3.76. The Labute approximate surface area is 168 Å². The number of likely N-dealkylation sites (tertiary alicyclic amines) is 1. The molecule has 0 bridgehead atoms. The van der Waals surface area contributed by atoms with E-state index < -0.39 is 10.0 Å². The SMILES string of the molecule is Cc1cc(C)cc(N(CC(=O)N2CCCC(C)C2)S(=O)(=O)c2ccccc2)c1. The third-order valence-electron chi connectivity index (χ3n) is 5.11. The molecule has 0 radical (unpaired) electrons. The maximum Gasteiger partial charge on any atom is 0.264 e. The molecule has 1 amide bonds. The third kappa shape index (κ3) is 4.55. The number of hydrogen-bond donors (Lipinski definition) is 0. The van der Waals surface area contributed by atoms with Crippen LogP contribution in [0.5, 0.6) is 0 Å². The summed E-state index contributed by atoms with van der Waals surface area (Å²) in [5.74, 6) is 0.295. The van der Waals surface area contributed by atoms with Crippen molar-refractivity contribution < 1.29 is 13.2 Å². The van der Waals surface area contributed by atoms with Gasteiger partial charge in [-0.15, -0.1) is 0 Å². The number of aryl methyl sites for hydroxylation is 2. The van der Waals surface area contributed by atoms with Crippen molar-refractivity contribution in [2.24, 2.45) is 5.92 Å². The van der Waals surface area contributed by atoms with Crippen molar-refractivity contribution in [3.05, 3.63) is 59.7 Å². The number of anilines is 1. The summed E-state index contributed by atoms with van der Waals surface area (Å²) in [4.78, 5) is 15.0. The van der Waals surface area contributed by atoms with Gasteiger partial charge in [0.2, 0.25) is 5.91 Å². The van der Waals surface area contributed by atoms with Crippen molar-refractivity contribution in [2.45, 2.75) is 38.5 Å². The highest BCUT2D eigenvalue weighted by Gasteiger charge is 2.30. The van der Waals surface area contributed by atoms with Crippen LogP contribution in [-0.4, -0.2) is 38.9 Å². The van der Waals surface area contributed by atoms with Gasteiger partial charge in [0.1, 0.15) is 6.54 Å². The Morgan fingerprint density at radius 1 is 1.11 bits per heavy atom.